The third-order valence-corrected chi connectivity index (χ3v) is 5.20. The van der Waals surface area contributed by atoms with Crippen LogP contribution >= 0.6 is 11.3 Å². The fourth-order valence-corrected chi connectivity index (χ4v) is 3.63. The van der Waals surface area contributed by atoms with Crippen molar-refractivity contribution in [1.29, 1.82) is 0 Å². The van der Waals surface area contributed by atoms with Crippen molar-refractivity contribution < 1.29 is 18.0 Å². The van der Waals surface area contributed by atoms with E-state index in [1.54, 1.807) is 15.7 Å². The van der Waals surface area contributed by atoms with Crippen LogP contribution in [-0.4, -0.2) is 22.0 Å². The van der Waals surface area contributed by atoms with Gasteiger partial charge < -0.3 is 4.90 Å². The van der Waals surface area contributed by atoms with Crippen molar-refractivity contribution in [3.05, 3.63) is 81.6 Å². The van der Waals surface area contributed by atoms with Gasteiger partial charge >= 0.3 is 12.2 Å². The molecule has 0 aliphatic rings. The van der Waals surface area contributed by atoms with E-state index in [2.05, 4.69) is 4.99 Å². The van der Waals surface area contributed by atoms with Crippen molar-refractivity contribution >= 4 is 17.4 Å². The molecule has 152 valence electrons. The molecule has 2 amide bonds. The summed E-state index contributed by atoms with van der Waals surface area (Å²) in [5.74, 6) is 0. The van der Waals surface area contributed by atoms with Crippen LogP contribution in [0.15, 0.2) is 65.8 Å². The molecule has 8 heteroatoms. The monoisotopic (exact) mass is 419 g/mol. The number of urea groups is 1. The van der Waals surface area contributed by atoms with Crippen molar-refractivity contribution in [2.24, 2.45) is 4.99 Å². The summed E-state index contributed by atoms with van der Waals surface area (Å²) in [6, 6.07) is 14.0. The van der Waals surface area contributed by atoms with Gasteiger partial charge in [-0.3, -0.25) is 4.57 Å². The van der Waals surface area contributed by atoms with Crippen molar-refractivity contribution in [2.45, 2.75) is 26.6 Å². The molecule has 0 aliphatic heterocycles. The zero-order chi connectivity index (χ0) is 21.0. The van der Waals surface area contributed by atoms with Gasteiger partial charge in [-0.1, -0.05) is 30.3 Å². The van der Waals surface area contributed by atoms with Gasteiger partial charge in [0.1, 0.15) is 0 Å². The molecule has 0 bridgehead atoms. The first kappa shape index (κ1) is 20.9. The van der Waals surface area contributed by atoms with E-state index in [0.717, 1.165) is 22.6 Å². The van der Waals surface area contributed by atoms with Crippen LogP contribution in [0.1, 0.15) is 22.9 Å². The summed E-state index contributed by atoms with van der Waals surface area (Å²) in [5, 5.41) is 0. The Morgan fingerprint density at radius 2 is 1.76 bits per heavy atom. The van der Waals surface area contributed by atoms with Crippen LogP contribution in [0.3, 0.4) is 0 Å². The Morgan fingerprint density at radius 3 is 2.34 bits per heavy atom. The van der Waals surface area contributed by atoms with Gasteiger partial charge in [-0.15, -0.1) is 11.3 Å². The number of hydrogen-bond acceptors (Lipinski definition) is 2. The third kappa shape index (κ3) is 5.14. The van der Waals surface area contributed by atoms with Gasteiger partial charge in [0.05, 0.1) is 5.56 Å². The molecule has 1 aromatic heterocycles. The summed E-state index contributed by atoms with van der Waals surface area (Å²) < 4.78 is 40.1. The highest BCUT2D eigenvalue weighted by molar-refractivity contribution is 7.09. The Hall–Kier alpha value is -2.87. The average Bonchev–Trinajstić information content (AvgIpc) is 3.06. The van der Waals surface area contributed by atoms with Crippen LogP contribution < -0.4 is 4.80 Å². The summed E-state index contributed by atoms with van der Waals surface area (Å²) >= 11 is 1.31. The fourth-order valence-electron chi connectivity index (χ4n) is 2.80. The highest BCUT2D eigenvalue weighted by Crippen LogP contribution is 2.29. The molecule has 0 saturated heterocycles. The van der Waals surface area contributed by atoms with E-state index < -0.39 is 11.7 Å². The number of aromatic nitrogens is 1. The van der Waals surface area contributed by atoms with Crippen molar-refractivity contribution in [3.8, 4) is 5.69 Å². The lowest BCUT2D eigenvalue weighted by Crippen LogP contribution is -2.29. The number of benzene rings is 2. The van der Waals surface area contributed by atoms with Crippen LogP contribution in [-0.2, 0) is 12.7 Å². The molecule has 1 heterocycles. The quantitative estimate of drug-likeness (QED) is 0.557. The van der Waals surface area contributed by atoms with Crippen molar-refractivity contribution in [3.63, 3.8) is 0 Å². The normalized spacial score (nSPS) is 12.2. The Balaban J connectivity index is 1.91. The summed E-state index contributed by atoms with van der Waals surface area (Å²) in [6.07, 6.45) is -2.64. The van der Waals surface area contributed by atoms with Crippen LogP contribution in [0.5, 0.6) is 0 Å². The molecule has 3 aromatic rings. The lowest BCUT2D eigenvalue weighted by atomic mass is 10.2. The molecule has 0 aliphatic carbocycles. The largest absolute Gasteiger partial charge is 0.416 e. The smallest absolute Gasteiger partial charge is 0.319 e. The molecule has 0 spiro atoms. The summed E-state index contributed by atoms with van der Waals surface area (Å²) in [4.78, 5) is 19.9. The van der Waals surface area contributed by atoms with Crippen LogP contribution in [0.2, 0.25) is 0 Å². The maximum absolute atomic E-state index is 12.8. The maximum Gasteiger partial charge on any atom is 0.416 e. The van der Waals surface area contributed by atoms with Gasteiger partial charge in [-0.2, -0.15) is 18.2 Å². The number of nitrogens with zero attached hydrogens (tertiary/aromatic N) is 3. The second kappa shape index (κ2) is 8.65. The van der Waals surface area contributed by atoms with Crippen molar-refractivity contribution in [1.82, 2.24) is 9.47 Å². The van der Waals surface area contributed by atoms with Crippen LogP contribution in [0.25, 0.3) is 5.69 Å². The molecule has 0 atom stereocenters. The first-order valence-electron chi connectivity index (χ1n) is 9.02. The second-order valence-corrected chi connectivity index (χ2v) is 7.65. The van der Waals surface area contributed by atoms with Crippen molar-refractivity contribution in [2.75, 3.05) is 6.54 Å². The molecule has 2 aromatic carbocycles. The first-order valence-corrected chi connectivity index (χ1v) is 9.84. The maximum atomic E-state index is 12.8. The predicted molar refractivity (Wildman–Crippen MR) is 107 cm³/mol. The highest BCUT2D eigenvalue weighted by Gasteiger charge is 2.30. The number of halogens is 3. The molecular formula is C21H20F3N3OS. The van der Waals surface area contributed by atoms with E-state index in [0.29, 0.717) is 23.6 Å². The molecular weight excluding hydrogens is 399 g/mol. The number of amides is 2. The van der Waals surface area contributed by atoms with Crippen LogP contribution in [0.4, 0.5) is 18.0 Å². The van der Waals surface area contributed by atoms with Gasteiger partial charge in [0.15, 0.2) is 4.80 Å². The van der Waals surface area contributed by atoms with Gasteiger partial charge in [0, 0.05) is 29.9 Å². The SMILES string of the molecule is CCN(Cc1ccccc1)C(=O)/N=c1\sc(C)cn1-c1ccc(C(F)(F)F)cc1. The Bertz CT molecular complexity index is 1040. The third-order valence-electron chi connectivity index (χ3n) is 4.30. The van der Waals surface area contributed by atoms with E-state index in [1.165, 1.54) is 23.5 Å². The van der Waals surface area contributed by atoms with Gasteiger partial charge in [-0.05, 0) is 43.7 Å². The van der Waals surface area contributed by atoms with Crippen LogP contribution in [0, 0.1) is 6.92 Å². The predicted octanol–water partition coefficient (Wildman–Crippen LogP) is 5.41. The molecule has 0 radical (unpaired) electrons. The zero-order valence-electron chi connectivity index (χ0n) is 16.0. The summed E-state index contributed by atoms with van der Waals surface area (Å²) in [7, 11) is 0. The molecule has 0 unspecified atom stereocenters. The number of rotatable bonds is 4. The molecule has 0 saturated carbocycles. The molecule has 0 N–H and O–H groups in total. The Kier molecular flexibility index (Phi) is 6.22. The fraction of sp³-hybridized carbons (Fsp3) is 0.238. The van der Waals surface area contributed by atoms with Gasteiger partial charge in [-0.25, -0.2) is 4.79 Å². The molecule has 4 nitrogen and oxygen atoms in total. The number of aryl methyl sites for hydroxylation is 1. The lowest BCUT2D eigenvalue weighted by Gasteiger charge is -2.18. The molecule has 29 heavy (non-hydrogen) atoms. The number of alkyl halides is 3. The lowest BCUT2D eigenvalue weighted by molar-refractivity contribution is -0.137. The standard InChI is InChI=1S/C21H20F3N3OS/c1-3-26(14-16-7-5-4-6-8-16)19(28)25-20-27(13-15(2)29-20)18-11-9-17(10-12-18)21(22,23)24/h4-13H,3,14H2,1-2H3/b25-20-. The topological polar surface area (TPSA) is 37.6 Å². The van der Waals surface area contributed by atoms with Gasteiger partial charge in [0.25, 0.3) is 0 Å². The van der Waals surface area contributed by atoms with Gasteiger partial charge in [0.2, 0.25) is 0 Å². The Labute approximate surface area is 170 Å². The Morgan fingerprint density at radius 1 is 1.10 bits per heavy atom. The van der Waals surface area contributed by atoms with E-state index >= 15 is 0 Å². The molecule has 0 fully saturated rings. The second-order valence-electron chi connectivity index (χ2n) is 6.43. The average molecular weight is 419 g/mol. The molecule has 3 rings (SSSR count). The number of hydrogen-bond donors (Lipinski definition) is 0. The zero-order valence-corrected chi connectivity index (χ0v) is 16.8. The van der Waals surface area contributed by atoms with E-state index in [-0.39, 0.29) is 6.03 Å². The minimum Gasteiger partial charge on any atom is -0.319 e. The van der Waals surface area contributed by atoms with E-state index in [9.17, 15) is 18.0 Å². The minimum atomic E-state index is -4.39. The highest BCUT2D eigenvalue weighted by atomic mass is 32.1. The van der Waals surface area contributed by atoms with E-state index in [4.69, 9.17) is 0 Å². The summed E-state index contributed by atoms with van der Waals surface area (Å²) in [5.41, 5.74) is 0.791. The first-order chi connectivity index (χ1) is 13.8. The summed E-state index contributed by atoms with van der Waals surface area (Å²) in [6.45, 7) is 4.66. The number of thiazole rings is 1. The number of carbonyl (C=O) groups excluding carboxylic acids is 1. The van der Waals surface area contributed by atoms with E-state index in [1.807, 2.05) is 44.2 Å². The minimum absolute atomic E-state index is 0.390. The number of carbonyl (C=O) groups is 1.